The SMILES string of the molecule is CC.CC1COC(C2CCC(c3cc(F)c(F)c(F)c3)CC2)OC1. The quantitative estimate of drug-likeness (QED) is 0.668. The maximum absolute atomic E-state index is 13.3. The molecule has 1 aromatic rings. The second-order valence-electron chi connectivity index (χ2n) is 6.55. The second kappa shape index (κ2) is 8.86. The van der Waals surface area contributed by atoms with Gasteiger partial charge in [-0.1, -0.05) is 20.8 Å². The molecule has 0 unspecified atom stereocenters. The highest BCUT2D eigenvalue weighted by atomic mass is 19.2. The molecule has 24 heavy (non-hydrogen) atoms. The highest BCUT2D eigenvalue weighted by molar-refractivity contribution is 5.23. The molecule has 3 rings (SSSR count). The van der Waals surface area contributed by atoms with Crippen LogP contribution in [0.5, 0.6) is 0 Å². The number of ether oxygens (including phenoxy) is 2. The Labute approximate surface area is 142 Å². The summed E-state index contributed by atoms with van der Waals surface area (Å²) < 4.78 is 51.2. The molecule has 0 aromatic heterocycles. The minimum absolute atomic E-state index is 0.0726. The molecule has 1 saturated carbocycles. The third-order valence-corrected chi connectivity index (χ3v) is 4.72. The number of rotatable bonds is 2. The molecule has 0 spiro atoms. The van der Waals surface area contributed by atoms with Crippen LogP contribution < -0.4 is 0 Å². The molecule has 0 atom stereocenters. The van der Waals surface area contributed by atoms with Crippen LogP contribution in [-0.2, 0) is 9.47 Å². The summed E-state index contributed by atoms with van der Waals surface area (Å²) in [7, 11) is 0. The van der Waals surface area contributed by atoms with E-state index in [4.69, 9.17) is 9.47 Å². The molecule has 0 amide bonds. The Morgan fingerprint density at radius 2 is 1.38 bits per heavy atom. The first-order valence-electron chi connectivity index (χ1n) is 8.92. The Kier molecular flexibility index (Phi) is 7.11. The van der Waals surface area contributed by atoms with Crippen molar-refractivity contribution in [3.8, 4) is 0 Å². The number of benzene rings is 1. The summed E-state index contributed by atoms with van der Waals surface area (Å²) in [6, 6.07) is 2.25. The average Bonchev–Trinajstić information content (AvgIpc) is 2.62. The lowest BCUT2D eigenvalue weighted by Gasteiger charge is -2.37. The van der Waals surface area contributed by atoms with E-state index in [1.165, 1.54) is 0 Å². The van der Waals surface area contributed by atoms with Gasteiger partial charge >= 0.3 is 0 Å². The fraction of sp³-hybridized carbons (Fsp3) is 0.684. The summed E-state index contributed by atoms with van der Waals surface area (Å²) in [5, 5.41) is 0. The van der Waals surface area contributed by atoms with E-state index < -0.39 is 17.5 Å². The zero-order chi connectivity index (χ0) is 17.7. The molecule has 2 nitrogen and oxygen atoms in total. The molecule has 1 aliphatic heterocycles. The lowest BCUT2D eigenvalue weighted by atomic mass is 9.78. The van der Waals surface area contributed by atoms with Crippen LogP contribution in [0, 0.1) is 29.3 Å². The number of hydrogen-bond acceptors (Lipinski definition) is 2. The van der Waals surface area contributed by atoms with Gasteiger partial charge in [0.2, 0.25) is 0 Å². The second-order valence-corrected chi connectivity index (χ2v) is 6.55. The molecular formula is C19H27F3O2. The van der Waals surface area contributed by atoms with Crippen molar-refractivity contribution >= 4 is 0 Å². The number of halogens is 3. The predicted molar refractivity (Wildman–Crippen MR) is 87.2 cm³/mol. The molecule has 0 N–H and O–H groups in total. The van der Waals surface area contributed by atoms with E-state index in [9.17, 15) is 13.2 Å². The van der Waals surface area contributed by atoms with Gasteiger partial charge in [0.25, 0.3) is 0 Å². The molecule has 5 heteroatoms. The largest absolute Gasteiger partial charge is 0.352 e. The van der Waals surface area contributed by atoms with Crippen LogP contribution in [0.2, 0.25) is 0 Å². The van der Waals surface area contributed by atoms with Crippen LogP contribution in [0.3, 0.4) is 0 Å². The minimum atomic E-state index is -1.39. The normalized spacial score (nSPS) is 30.4. The van der Waals surface area contributed by atoms with E-state index in [1.54, 1.807) is 0 Å². The van der Waals surface area contributed by atoms with Crippen molar-refractivity contribution in [2.24, 2.45) is 11.8 Å². The Bertz CT molecular complexity index is 496. The molecule has 0 bridgehead atoms. The first-order chi connectivity index (χ1) is 11.5. The van der Waals surface area contributed by atoms with Gasteiger partial charge in [-0.05, 0) is 49.3 Å². The summed E-state index contributed by atoms with van der Waals surface area (Å²) >= 11 is 0. The lowest BCUT2D eigenvalue weighted by Crippen LogP contribution is -2.37. The van der Waals surface area contributed by atoms with Crippen LogP contribution in [0.25, 0.3) is 0 Å². The van der Waals surface area contributed by atoms with Gasteiger partial charge in [-0.15, -0.1) is 0 Å². The molecule has 136 valence electrons. The van der Waals surface area contributed by atoms with Gasteiger partial charge < -0.3 is 9.47 Å². The van der Waals surface area contributed by atoms with Crippen molar-refractivity contribution in [1.29, 1.82) is 0 Å². The fourth-order valence-corrected chi connectivity index (χ4v) is 3.42. The zero-order valence-electron chi connectivity index (χ0n) is 14.7. The van der Waals surface area contributed by atoms with E-state index in [1.807, 2.05) is 13.8 Å². The van der Waals surface area contributed by atoms with Crippen molar-refractivity contribution in [2.75, 3.05) is 13.2 Å². The van der Waals surface area contributed by atoms with E-state index in [0.717, 1.165) is 51.0 Å². The van der Waals surface area contributed by atoms with Crippen molar-refractivity contribution in [3.05, 3.63) is 35.1 Å². The van der Waals surface area contributed by atoms with E-state index in [0.29, 0.717) is 17.4 Å². The van der Waals surface area contributed by atoms with Gasteiger partial charge in [-0.3, -0.25) is 0 Å². The lowest BCUT2D eigenvalue weighted by molar-refractivity contribution is -0.226. The van der Waals surface area contributed by atoms with Gasteiger partial charge in [0.1, 0.15) is 0 Å². The standard InChI is InChI=1S/C17H21F3O2.C2H6/c1-10-8-21-17(22-9-10)12-4-2-11(3-5-12)13-6-14(18)16(20)15(19)7-13;1-2/h6-7,10-12,17H,2-5,8-9H2,1H3;1-2H3. The van der Waals surface area contributed by atoms with E-state index >= 15 is 0 Å². The summed E-state index contributed by atoms with van der Waals surface area (Å²) in [6.07, 6.45) is 3.26. The van der Waals surface area contributed by atoms with Gasteiger partial charge in [-0.2, -0.15) is 0 Å². The maximum Gasteiger partial charge on any atom is 0.194 e. The fourth-order valence-electron chi connectivity index (χ4n) is 3.42. The Morgan fingerprint density at radius 1 is 0.875 bits per heavy atom. The van der Waals surface area contributed by atoms with Gasteiger partial charge in [-0.25, -0.2) is 13.2 Å². The molecule has 2 aliphatic rings. The molecule has 0 radical (unpaired) electrons. The molecule has 1 saturated heterocycles. The van der Waals surface area contributed by atoms with E-state index in [-0.39, 0.29) is 12.2 Å². The minimum Gasteiger partial charge on any atom is -0.352 e. The predicted octanol–water partition coefficient (Wildman–Crippen LogP) is 5.41. The van der Waals surface area contributed by atoms with Crippen LogP contribution >= 0.6 is 0 Å². The Hall–Kier alpha value is -1.07. The molecule has 1 heterocycles. The van der Waals surface area contributed by atoms with Crippen molar-refractivity contribution in [3.63, 3.8) is 0 Å². The van der Waals surface area contributed by atoms with E-state index in [2.05, 4.69) is 6.92 Å². The van der Waals surface area contributed by atoms with Crippen LogP contribution in [0.15, 0.2) is 12.1 Å². The van der Waals surface area contributed by atoms with Crippen LogP contribution in [0.1, 0.15) is 57.9 Å². The van der Waals surface area contributed by atoms with Gasteiger partial charge in [0, 0.05) is 11.8 Å². The van der Waals surface area contributed by atoms with Gasteiger partial charge in [0.15, 0.2) is 23.7 Å². The van der Waals surface area contributed by atoms with Crippen LogP contribution in [0.4, 0.5) is 13.2 Å². The summed E-state index contributed by atoms with van der Waals surface area (Å²) in [6.45, 7) is 7.53. The van der Waals surface area contributed by atoms with Crippen molar-refractivity contribution in [2.45, 2.75) is 58.7 Å². The summed E-state index contributed by atoms with van der Waals surface area (Å²) in [5.74, 6) is -2.77. The molecule has 1 aliphatic carbocycles. The highest BCUT2D eigenvalue weighted by Crippen LogP contribution is 2.39. The first-order valence-corrected chi connectivity index (χ1v) is 8.92. The Balaban J connectivity index is 0.00000100. The summed E-state index contributed by atoms with van der Waals surface area (Å²) in [5.41, 5.74) is 0.550. The smallest absolute Gasteiger partial charge is 0.194 e. The molecular weight excluding hydrogens is 317 g/mol. The monoisotopic (exact) mass is 344 g/mol. The third kappa shape index (κ3) is 4.51. The zero-order valence-corrected chi connectivity index (χ0v) is 14.7. The van der Waals surface area contributed by atoms with Crippen molar-refractivity contribution < 1.29 is 22.6 Å². The van der Waals surface area contributed by atoms with Crippen LogP contribution in [-0.4, -0.2) is 19.5 Å². The maximum atomic E-state index is 13.3. The first kappa shape index (κ1) is 19.3. The third-order valence-electron chi connectivity index (χ3n) is 4.72. The highest BCUT2D eigenvalue weighted by Gasteiger charge is 2.32. The molecule has 1 aromatic carbocycles. The van der Waals surface area contributed by atoms with Crippen molar-refractivity contribution in [1.82, 2.24) is 0 Å². The summed E-state index contributed by atoms with van der Waals surface area (Å²) in [4.78, 5) is 0. The molecule has 2 fully saturated rings. The average molecular weight is 344 g/mol. The Morgan fingerprint density at radius 3 is 1.88 bits per heavy atom. The van der Waals surface area contributed by atoms with Gasteiger partial charge in [0.05, 0.1) is 13.2 Å². The topological polar surface area (TPSA) is 18.5 Å². The number of hydrogen-bond donors (Lipinski definition) is 0.